The average Bonchev–Trinajstić information content (AvgIpc) is 3.57. The minimum atomic E-state index is -0.998. The van der Waals surface area contributed by atoms with Crippen LogP contribution in [0.25, 0.3) is 11.2 Å². The zero-order chi connectivity index (χ0) is 35.1. The first kappa shape index (κ1) is 34.2. The van der Waals surface area contributed by atoms with Gasteiger partial charge in [0.1, 0.15) is 30.2 Å². The minimum absolute atomic E-state index is 0.0584. The lowest BCUT2D eigenvalue weighted by molar-refractivity contribution is -0.137. The van der Waals surface area contributed by atoms with E-state index in [9.17, 15) is 14.4 Å². The Morgan fingerprint density at radius 2 is 1.50 bits per heavy atom. The number of aliphatic carboxylic acids is 1. The number of piperidine rings is 1. The van der Waals surface area contributed by atoms with Crippen molar-refractivity contribution < 1.29 is 38.4 Å². The van der Waals surface area contributed by atoms with Gasteiger partial charge in [0.2, 0.25) is 11.8 Å². The van der Waals surface area contributed by atoms with Gasteiger partial charge in [-0.3, -0.25) is 19.0 Å². The van der Waals surface area contributed by atoms with Crippen LogP contribution in [0.4, 0.5) is 5.82 Å². The number of methoxy groups -OCH3 is 2. The van der Waals surface area contributed by atoms with Crippen LogP contribution in [0.3, 0.4) is 0 Å². The number of carboxylic acids is 1. The van der Waals surface area contributed by atoms with Crippen LogP contribution in [0.1, 0.15) is 42.4 Å². The van der Waals surface area contributed by atoms with Crippen molar-refractivity contribution in [3.8, 4) is 11.5 Å². The van der Waals surface area contributed by atoms with Gasteiger partial charge in [-0.2, -0.15) is 0 Å². The van der Waals surface area contributed by atoms with Crippen LogP contribution in [0.5, 0.6) is 11.5 Å². The Hall–Kier alpha value is -5.66. The Bertz CT molecular complexity index is 1900. The second-order valence-electron chi connectivity index (χ2n) is 11.7. The van der Waals surface area contributed by atoms with Crippen LogP contribution in [0.15, 0.2) is 91.5 Å². The van der Waals surface area contributed by atoms with Crippen molar-refractivity contribution in [2.45, 2.75) is 38.0 Å². The smallest absolute Gasteiger partial charge is 0.303 e. The Morgan fingerprint density at radius 3 is 2.12 bits per heavy atom. The molecule has 1 aliphatic rings. The summed E-state index contributed by atoms with van der Waals surface area (Å²) in [6.45, 7) is 0.462. The molecule has 3 heterocycles. The summed E-state index contributed by atoms with van der Waals surface area (Å²) in [7, 11) is 3.25. The number of nitrogens with zero attached hydrogens (tertiary/aromatic N) is 5. The molecule has 1 atom stereocenters. The van der Waals surface area contributed by atoms with Crippen molar-refractivity contribution in [3.63, 3.8) is 0 Å². The minimum Gasteiger partial charge on any atom is -0.497 e. The van der Waals surface area contributed by atoms with E-state index in [4.69, 9.17) is 24.1 Å². The van der Waals surface area contributed by atoms with Crippen LogP contribution in [0.2, 0.25) is 0 Å². The first-order valence-corrected chi connectivity index (χ1v) is 16.2. The Labute approximate surface area is 288 Å². The molecule has 0 bridgehead atoms. The third-order valence-electron chi connectivity index (χ3n) is 8.78. The zero-order valence-electron chi connectivity index (χ0n) is 27.7. The SMILES string of the molecule is COc1ccc(C(OCCOCn2cnc3c(N4C(=O)CCC(CCC(=O)O)C4=O)ncnc32)(c2ccccc2)c2ccc(OC)cc2)cc1. The number of aromatic nitrogens is 4. The maximum Gasteiger partial charge on any atom is 0.303 e. The number of amides is 2. The molecule has 258 valence electrons. The molecule has 13 nitrogen and oxygen atoms in total. The van der Waals surface area contributed by atoms with E-state index < -0.39 is 29.3 Å². The predicted octanol–water partition coefficient (Wildman–Crippen LogP) is 4.96. The Balaban J connectivity index is 1.21. The van der Waals surface area contributed by atoms with Gasteiger partial charge in [-0.25, -0.2) is 19.9 Å². The van der Waals surface area contributed by atoms with Crippen LogP contribution in [-0.2, 0) is 36.2 Å². The van der Waals surface area contributed by atoms with Crippen molar-refractivity contribution in [2.75, 3.05) is 32.3 Å². The van der Waals surface area contributed by atoms with Crippen LogP contribution in [0, 0.1) is 5.92 Å². The number of imide groups is 1. The molecule has 5 aromatic rings. The number of anilines is 1. The highest BCUT2D eigenvalue weighted by Gasteiger charge is 2.39. The average molecular weight is 680 g/mol. The monoisotopic (exact) mass is 679 g/mol. The highest BCUT2D eigenvalue weighted by molar-refractivity contribution is 6.19. The lowest BCUT2D eigenvalue weighted by atomic mass is 9.80. The van der Waals surface area contributed by atoms with Gasteiger partial charge in [-0.05, 0) is 53.8 Å². The second-order valence-corrected chi connectivity index (χ2v) is 11.7. The van der Waals surface area contributed by atoms with Gasteiger partial charge >= 0.3 is 5.97 Å². The number of ether oxygens (including phenoxy) is 4. The molecule has 0 aliphatic carbocycles. The Morgan fingerprint density at radius 1 is 0.860 bits per heavy atom. The lowest BCUT2D eigenvalue weighted by Gasteiger charge is -2.36. The third-order valence-corrected chi connectivity index (χ3v) is 8.78. The number of carbonyl (C=O) groups is 3. The van der Waals surface area contributed by atoms with Gasteiger partial charge in [-0.1, -0.05) is 54.6 Å². The van der Waals surface area contributed by atoms with Crippen LogP contribution >= 0.6 is 0 Å². The van der Waals surface area contributed by atoms with Crippen molar-refractivity contribution in [1.29, 1.82) is 0 Å². The molecule has 50 heavy (non-hydrogen) atoms. The van der Waals surface area contributed by atoms with Gasteiger partial charge in [0.15, 0.2) is 17.0 Å². The first-order chi connectivity index (χ1) is 24.3. The normalized spacial score (nSPS) is 15.0. The van der Waals surface area contributed by atoms with Gasteiger partial charge in [0, 0.05) is 18.8 Å². The summed E-state index contributed by atoms with van der Waals surface area (Å²) >= 11 is 0. The molecule has 0 spiro atoms. The lowest BCUT2D eigenvalue weighted by Crippen LogP contribution is -2.46. The fraction of sp³-hybridized carbons (Fsp3) is 0.297. The summed E-state index contributed by atoms with van der Waals surface area (Å²) in [5.74, 6) is -0.985. The van der Waals surface area contributed by atoms with Crippen molar-refractivity contribution in [3.05, 3.63) is 108 Å². The Kier molecular flexibility index (Phi) is 10.4. The van der Waals surface area contributed by atoms with E-state index >= 15 is 0 Å². The quantitative estimate of drug-likeness (QED) is 0.0907. The van der Waals surface area contributed by atoms with E-state index in [0.717, 1.165) is 33.1 Å². The number of benzene rings is 3. The van der Waals surface area contributed by atoms with Crippen molar-refractivity contribution in [2.24, 2.45) is 5.92 Å². The van der Waals surface area contributed by atoms with E-state index in [1.165, 1.54) is 12.7 Å². The fourth-order valence-electron chi connectivity index (χ4n) is 6.24. The summed E-state index contributed by atoms with van der Waals surface area (Å²) < 4.78 is 25.4. The first-order valence-electron chi connectivity index (χ1n) is 16.2. The van der Waals surface area contributed by atoms with E-state index in [2.05, 4.69) is 15.0 Å². The molecule has 2 amide bonds. The molecule has 1 unspecified atom stereocenters. The summed E-state index contributed by atoms with van der Waals surface area (Å²) in [5, 5.41) is 9.09. The molecule has 13 heteroatoms. The number of imidazole rings is 1. The molecule has 1 fully saturated rings. The maximum absolute atomic E-state index is 13.3. The molecule has 2 aromatic heterocycles. The molecular weight excluding hydrogens is 642 g/mol. The molecule has 6 rings (SSSR count). The standard InChI is InChI=1S/C37H37N5O8/c1-47-29-14-10-27(11-15-29)37(26-6-4-3-5-7-26,28-12-16-30(48-2)17-13-28)50-21-20-49-24-41-23-40-33-34(41)38-22-39-35(33)42-31(43)18-8-25(36(42)46)9-19-32(44)45/h3-7,10-17,22-23,25H,8-9,18-21,24H2,1-2H3,(H,44,45). The molecule has 0 radical (unpaired) electrons. The van der Waals surface area contributed by atoms with E-state index in [-0.39, 0.29) is 50.5 Å². The summed E-state index contributed by atoms with van der Waals surface area (Å²) in [4.78, 5) is 51.2. The number of fused-ring (bicyclic) bond motifs is 1. The number of hydrogen-bond donors (Lipinski definition) is 1. The third kappa shape index (κ3) is 6.91. The van der Waals surface area contributed by atoms with Crippen molar-refractivity contribution in [1.82, 2.24) is 19.5 Å². The molecule has 3 aromatic carbocycles. The number of rotatable bonds is 15. The van der Waals surface area contributed by atoms with E-state index in [1.807, 2.05) is 78.9 Å². The van der Waals surface area contributed by atoms with Gasteiger partial charge < -0.3 is 24.1 Å². The van der Waals surface area contributed by atoms with Crippen LogP contribution in [-0.4, -0.2) is 69.8 Å². The number of carbonyl (C=O) groups excluding carboxylic acids is 2. The summed E-state index contributed by atoms with van der Waals surface area (Å²) in [5.41, 5.74) is 2.35. The summed E-state index contributed by atoms with van der Waals surface area (Å²) in [6, 6.07) is 25.5. The number of hydrogen-bond acceptors (Lipinski definition) is 10. The molecule has 1 saturated heterocycles. The highest BCUT2D eigenvalue weighted by atomic mass is 16.5. The molecule has 1 aliphatic heterocycles. The number of carboxylic acid groups (broad SMARTS) is 1. The van der Waals surface area contributed by atoms with E-state index in [1.54, 1.807) is 18.8 Å². The van der Waals surface area contributed by atoms with Crippen LogP contribution < -0.4 is 14.4 Å². The fourth-order valence-corrected chi connectivity index (χ4v) is 6.24. The topological polar surface area (TPSA) is 155 Å². The molecule has 0 saturated carbocycles. The van der Waals surface area contributed by atoms with Gasteiger partial charge in [0.05, 0.1) is 33.8 Å². The van der Waals surface area contributed by atoms with Crippen molar-refractivity contribution >= 4 is 34.8 Å². The molecular formula is C37H37N5O8. The largest absolute Gasteiger partial charge is 0.497 e. The summed E-state index contributed by atoms with van der Waals surface area (Å²) in [6.07, 6.45) is 3.14. The second kappa shape index (κ2) is 15.3. The van der Waals surface area contributed by atoms with Gasteiger partial charge in [-0.15, -0.1) is 0 Å². The highest BCUT2D eigenvalue weighted by Crippen LogP contribution is 2.41. The maximum atomic E-state index is 13.3. The zero-order valence-corrected chi connectivity index (χ0v) is 27.7. The van der Waals surface area contributed by atoms with E-state index in [0.29, 0.717) is 12.1 Å². The predicted molar refractivity (Wildman–Crippen MR) is 182 cm³/mol. The molecule has 1 N–H and O–H groups in total. The van der Waals surface area contributed by atoms with Gasteiger partial charge in [0.25, 0.3) is 0 Å².